The fraction of sp³-hybridized carbons (Fsp3) is 0.611. The van der Waals surface area contributed by atoms with Crippen molar-refractivity contribution in [1.82, 2.24) is 4.90 Å². The fourth-order valence-electron chi connectivity index (χ4n) is 3.16. The van der Waals surface area contributed by atoms with Crippen LogP contribution in [0.5, 0.6) is 5.75 Å². The van der Waals surface area contributed by atoms with Crippen LogP contribution in [0.15, 0.2) is 24.3 Å². The first-order chi connectivity index (χ1) is 10.6. The van der Waals surface area contributed by atoms with E-state index in [0.29, 0.717) is 25.0 Å². The SMILES string of the molecule is CCOC(=O)C[C@@H]1CCN(Cc2ccc(OC)cc2)[C@H](C)C1. The highest BCUT2D eigenvalue weighted by molar-refractivity contribution is 5.69. The fourth-order valence-corrected chi connectivity index (χ4v) is 3.16. The van der Waals surface area contributed by atoms with Crippen molar-refractivity contribution in [2.24, 2.45) is 5.92 Å². The lowest BCUT2D eigenvalue weighted by molar-refractivity contribution is -0.144. The second-order valence-electron chi connectivity index (χ2n) is 6.07. The molecule has 4 nitrogen and oxygen atoms in total. The summed E-state index contributed by atoms with van der Waals surface area (Å²) in [7, 11) is 1.69. The van der Waals surface area contributed by atoms with Gasteiger partial charge >= 0.3 is 5.97 Å². The Kier molecular flexibility index (Phi) is 6.25. The number of piperidine rings is 1. The van der Waals surface area contributed by atoms with E-state index >= 15 is 0 Å². The van der Waals surface area contributed by atoms with E-state index in [9.17, 15) is 4.79 Å². The van der Waals surface area contributed by atoms with Crippen LogP contribution in [0.3, 0.4) is 0 Å². The monoisotopic (exact) mass is 305 g/mol. The number of likely N-dealkylation sites (tertiary alicyclic amines) is 1. The second kappa shape index (κ2) is 8.18. The Hall–Kier alpha value is -1.55. The van der Waals surface area contributed by atoms with Gasteiger partial charge in [0.15, 0.2) is 0 Å². The van der Waals surface area contributed by atoms with E-state index in [1.54, 1.807) is 7.11 Å². The third kappa shape index (κ3) is 4.73. The summed E-state index contributed by atoms with van der Waals surface area (Å²) in [5.41, 5.74) is 1.30. The molecule has 1 aromatic carbocycles. The van der Waals surface area contributed by atoms with Gasteiger partial charge in [0.2, 0.25) is 0 Å². The first kappa shape index (κ1) is 16.8. The van der Waals surface area contributed by atoms with Crippen LogP contribution in [0.2, 0.25) is 0 Å². The maximum atomic E-state index is 11.6. The highest BCUT2D eigenvalue weighted by Gasteiger charge is 2.27. The quantitative estimate of drug-likeness (QED) is 0.756. The summed E-state index contributed by atoms with van der Waals surface area (Å²) in [4.78, 5) is 14.1. The number of esters is 1. The average molecular weight is 305 g/mol. The maximum absolute atomic E-state index is 11.6. The summed E-state index contributed by atoms with van der Waals surface area (Å²) >= 11 is 0. The predicted octanol–water partition coefficient (Wildman–Crippen LogP) is 3.25. The molecule has 0 amide bonds. The molecule has 1 aromatic rings. The van der Waals surface area contributed by atoms with E-state index in [2.05, 4.69) is 24.0 Å². The minimum absolute atomic E-state index is 0.0525. The third-order valence-corrected chi connectivity index (χ3v) is 4.43. The van der Waals surface area contributed by atoms with Crippen molar-refractivity contribution in [2.75, 3.05) is 20.3 Å². The van der Waals surface area contributed by atoms with Crippen LogP contribution in [-0.2, 0) is 16.1 Å². The first-order valence-electron chi connectivity index (χ1n) is 8.15. The smallest absolute Gasteiger partial charge is 0.306 e. The molecule has 0 aromatic heterocycles. The minimum Gasteiger partial charge on any atom is -0.497 e. The Morgan fingerprint density at radius 3 is 2.64 bits per heavy atom. The van der Waals surface area contributed by atoms with Crippen LogP contribution in [0.4, 0.5) is 0 Å². The number of carbonyl (C=O) groups excluding carboxylic acids is 1. The number of carbonyl (C=O) groups is 1. The Morgan fingerprint density at radius 1 is 1.32 bits per heavy atom. The lowest BCUT2D eigenvalue weighted by Gasteiger charge is -2.37. The van der Waals surface area contributed by atoms with Gasteiger partial charge in [0, 0.05) is 19.0 Å². The van der Waals surface area contributed by atoms with E-state index in [1.165, 1.54) is 5.56 Å². The molecule has 2 rings (SSSR count). The van der Waals surface area contributed by atoms with Gasteiger partial charge in [-0.2, -0.15) is 0 Å². The Labute approximate surface area is 133 Å². The summed E-state index contributed by atoms with van der Waals surface area (Å²) in [6.07, 6.45) is 2.70. The van der Waals surface area contributed by atoms with Crippen molar-refractivity contribution in [3.63, 3.8) is 0 Å². The van der Waals surface area contributed by atoms with E-state index < -0.39 is 0 Å². The van der Waals surface area contributed by atoms with Gasteiger partial charge in [-0.1, -0.05) is 12.1 Å². The number of methoxy groups -OCH3 is 1. The molecule has 122 valence electrons. The van der Waals surface area contributed by atoms with Crippen LogP contribution in [0, 0.1) is 5.92 Å². The van der Waals surface area contributed by atoms with Crippen LogP contribution in [0.1, 0.15) is 38.7 Å². The third-order valence-electron chi connectivity index (χ3n) is 4.43. The molecule has 22 heavy (non-hydrogen) atoms. The van der Waals surface area contributed by atoms with Gasteiger partial charge in [-0.3, -0.25) is 9.69 Å². The van der Waals surface area contributed by atoms with E-state index in [0.717, 1.165) is 31.7 Å². The lowest BCUT2D eigenvalue weighted by Crippen LogP contribution is -2.40. The number of hydrogen-bond acceptors (Lipinski definition) is 4. The summed E-state index contributed by atoms with van der Waals surface area (Å²) < 4.78 is 10.3. The van der Waals surface area contributed by atoms with Gasteiger partial charge in [-0.05, 0) is 56.8 Å². The number of benzene rings is 1. The molecule has 0 aliphatic carbocycles. The number of nitrogens with zero attached hydrogens (tertiary/aromatic N) is 1. The molecule has 1 aliphatic heterocycles. The van der Waals surface area contributed by atoms with Crippen molar-refractivity contribution in [3.05, 3.63) is 29.8 Å². The van der Waals surface area contributed by atoms with Gasteiger partial charge in [0.05, 0.1) is 13.7 Å². The molecular formula is C18H27NO3. The minimum atomic E-state index is -0.0525. The van der Waals surface area contributed by atoms with Crippen LogP contribution < -0.4 is 4.74 Å². The van der Waals surface area contributed by atoms with Crippen molar-refractivity contribution in [1.29, 1.82) is 0 Å². The molecule has 0 spiro atoms. The Morgan fingerprint density at radius 2 is 2.05 bits per heavy atom. The predicted molar refractivity (Wildman–Crippen MR) is 86.8 cm³/mol. The highest BCUT2D eigenvalue weighted by atomic mass is 16.5. The topological polar surface area (TPSA) is 38.8 Å². The standard InChI is InChI=1S/C18H27NO3/c1-4-22-18(20)12-16-9-10-19(14(2)11-16)13-15-5-7-17(21-3)8-6-15/h5-8,14,16H,4,9-13H2,1-3H3/t14-,16-/m1/s1. The van der Waals surface area contributed by atoms with Gasteiger partial charge in [-0.25, -0.2) is 0 Å². The molecule has 0 bridgehead atoms. The maximum Gasteiger partial charge on any atom is 0.306 e. The van der Waals surface area contributed by atoms with Crippen molar-refractivity contribution in [3.8, 4) is 5.75 Å². The van der Waals surface area contributed by atoms with Crippen molar-refractivity contribution < 1.29 is 14.3 Å². The molecule has 1 saturated heterocycles. The van der Waals surface area contributed by atoms with E-state index in [1.807, 2.05) is 19.1 Å². The second-order valence-corrected chi connectivity index (χ2v) is 6.07. The zero-order chi connectivity index (χ0) is 15.9. The zero-order valence-electron chi connectivity index (χ0n) is 13.9. The largest absolute Gasteiger partial charge is 0.497 e. The van der Waals surface area contributed by atoms with Crippen LogP contribution in [0.25, 0.3) is 0 Å². The van der Waals surface area contributed by atoms with Gasteiger partial charge in [0.25, 0.3) is 0 Å². The molecule has 2 atom stereocenters. The summed E-state index contributed by atoms with van der Waals surface area (Å²) in [6, 6.07) is 8.75. The van der Waals surface area contributed by atoms with Gasteiger partial charge in [-0.15, -0.1) is 0 Å². The van der Waals surface area contributed by atoms with E-state index in [4.69, 9.17) is 9.47 Å². The molecule has 0 unspecified atom stereocenters. The summed E-state index contributed by atoms with van der Waals surface area (Å²) in [5, 5.41) is 0. The summed E-state index contributed by atoms with van der Waals surface area (Å²) in [6.45, 7) is 6.58. The Bertz CT molecular complexity index is 472. The Balaban J connectivity index is 1.83. The molecular weight excluding hydrogens is 278 g/mol. The number of ether oxygens (including phenoxy) is 2. The molecule has 4 heteroatoms. The lowest BCUT2D eigenvalue weighted by atomic mass is 9.89. The van der Waals surface area contributed by atoms with Crippen LogP contribution >= 0.6 is 0 Å². The van der Waals surface area contributed by atoms with Gasteiger partial charge in [0.1, 0.15) is 5.75 Å². The van der Waals surface area contributed by atoms with E-state index in [-0.39, 0.29) is 5.97 Å². The van der Waals surface area contributed by atoms with Crippen LogP contribution in [-0.4, -0.2) is 37.2 Å². The molecule has 1 heterocycles. The zero-order valence-corrected chi connectivity index (χ0v) is 13.9. The normalized spacial score (nSPS) is 22.3. The molecule has 0 saturated carbocycles. The average Bonchev–Trinajstić information content (AvgIpc) is 2.51. The number of hydrogen-bond donors (Lipinski definition) is 0. The van der Waals surface area contributed by atoms with Crippen molar-refractivity contribution >= 4 is 5.97 Å². The molecule has 1 fully saturated rings. The van der Waals surface area contributed by atoms with Gasteiger partial charge < -0.3 is 9.47 Å². The molecule has 1 aliphatic rings. The highest BCUT2D eigenvalue weighted by Crippen LogP contribution is 2.27. The molecule has 0 radical (unpaired) electrons. The van der Waals surface area contributed by atoms with Crippen molar-refractivity contribution in [2.45, 2.75) is 45.7 Å². The number of rotatable bonds is 6. The molecule has 0 N–H and O–H groups in total. The summed E-state index contributed by atoms with van der Waals surface area (Å²) in [5.74, 6) is 1.30. The first-order valence-corrected chi connectivity index (χ1v) is 8.15.